The number of hydrogen-bond donors (Lipinski definition) is 2. The number of carbonyl (C=O) groups is 2. The van der Waals surface area contributed by atoms with Gasteiger partial charge in [-0.25, -0.2) is 9.36 Å². The van der Waals surface area contributed by atoms with Crippen LogP contribution in [-0.2, 0) is 29.1 Å². The molecule has 9 nitrogen and oxygen atoms in total. The lowest BCUT2D eigenvalue weighted by Crippen LogP contribution is -2.49. The van der Waals surface area contributed by atoms with Crippen LogP contribution in [0.3, 0.4) is 0 Å². The summed E-state index contributed by atoms with van der Waals surface area (Å²) in [6.07, 6.45) is 1.94. The van der Waals surface area contributed by atoms with Crippen molar-refractivity contribution in [2.75, 3.05) is 6.54 Å². The zero-order valence-electron chi connectivity index (χ0n) is 14.3. The lowest BCUT2D eigenvalue weighted by atomic mass is 10.2. The second-order valence-electron chi connectivity index (χ2n) is 5.94. The van der Waals surface area contributed by atoms with E-state index in [9.17, 15) is 24.4 Å². The van der Waals surface area contributed by atoms with Crippen LogP contribution in [0.5, 0.6) is 0 Å². The van der Waals surface area contributed by atoms with Crippen LogP contribution in [0.1, 0.15) is 37.9 Å². The van der Waals surface area contributed by atoms with Crippen LogP contribution in [0.25, 0.3) is 0 Å². The van der Waals surface area contributed by atoms with E-state index in [2.05, 4.69) is 10.6 Å². The third-order valence-corrected chi connectivity index (χ3v) is 4.06. The molecule has 0 saturated heterocycles. The average molecular weight is 347 g/mol. The Morgan fingerprint density at radius 3 is 2.72 bits per heavy atom. The Labute approximate surface area is 144 Å². The predicted octanol–water partition coefficient (Wildman–Crippen LogP) is -1.14. The minimum atomic E-state index is -0.789. The molecular formula is C16H21N5O4. The fourth-order valence-electron chi connectivity index (χ4n) is 2.79. The van der Waals surface area contributed by atoms with Gasteiger partial charge in [0, 0.05) is 18.8 Å². The molecule has 0 saturated carbocycles. The van der Waals surface area contributed by atoms with Crippen LogP contribution in [0, 0.1) is 11.3 Å². The van der Waals surface area contributed by atoms with Crippen LogP contribution < -0.4 is 21.9 Å². The van der Waals surface area contributed by atoms with Gasteiger partial charge in [0.25, 0.3) is 5.56 Å². The lowest BCUT2D eigenvalue weighted by molar-refractivity contribution is -0.128. The van der Waals surface area contributed by atoms with Gasteiger partial charge in [-0.15, -0.1) is 0 Å². The Hall–Kier alpha value is -2.89. The summed E-state index contributed by atoms with van der Waals surface area (Å²) in [5, 5.41) is 14.3. The standard InChI is InChI=1S/C16H21N5O4/c1-3-6-18-14(23)10(2)19-13(22)9-21-15(24)11(8-17)12-5-4-7-20(12)16(21)25/h10H,3-7,9H2,1-2H3,(H,18,23)(H,19,22)/t10-/m1/s1. The highest BCUT2D eigenvalue weighted by Crippen LogP contribution is 2.12. The number of aromatic nitrogens is 2. The molecule has 0 aromatic carbocycles. The number of nitrogens with one attached hydrogen (secondary N) is 2. The Kier molecular flexibility index (Phi) is 5.75. The van der Waals surface area contributed by atoms with E-state index in [0.717, 1.165) is 11.0 Å². The number of nitrogens with zero attached hydrogens (tertiary/aromatic N) is 3. The third-order valence-electron chi connectivity index (χ3n) is 4.06. The first kappa shape index (κ1) is 18.4. The molecule has 2 N–H and O–H groups in total. The molecular weight excluding hydrogens is 326 g/mol. The third kappa shape index (κ3) is 3.79. The molecule has 25 heavy (non-hydrogen) atoms. The quantitative estimate of drug-likeness (QED) is 0.673. The summed E-state index contributed by atoms with van der Waals surface area (Å²) in [6, 6.07) is 1.04. The van der Waals surface area contributed by atoms with Crippen molar-refractivity contribution in [2.45, 2.75) is 52.2 Å². The largest absolute Gasteiger partial charge is 0.354 e. The van der Waals surface area contributed by atoms with Crippen molar-refractivity contribution >= 4 is 11.8 Å². The van der Waals surface area contributed by atoms with Crippen molar-refractivity contribution in [3.63, 3.8) is 0 Å². The van der Waals surface area contributed by atoms with Gasteiger partial charge in [-0.05, 0) is 26.2 Å². The van der Waals surface area contributed by atoms with Crippen molar-refractivity contribution in [1.29, 1.82) is 5.26 Å². The highest BCUT2D eigenvalue weighted by Gasteiger charge is 2.24. The van der Waals surface area contributed by atoms with E-state index < -0.39 is 29.7 Å². The molecule has 2 rings (SSSR count). The zero-order chi connectivity index (χ0) is 18.6. The van der Waals surface area contributed by atoms with Crippen LogP contribution in [-0.4, -0.2) is 33.5 Å². The Bertz CT molecular complexity index is 846. The second kappa shape index (κ2) is 7.79. The Morgan fingerprint density at radius 2 is 2.08 bits per heavy atom. The number of nitriles is 1. The molecule has 1 atom stereocenters. The maximum absolute atomic E-state index is 12.4. The number of hydrogen-bond acceptors (Lipinski definition) is 5. The van der Waals surface area contributed by atoms with E-state index in [1.165, 1.54) is 11.5 Å². The highest BCUT2D eigenvalue weighted by atomic mass is 16.2. The first-order chi connectivity index (χ1) is 11.9. The van der Waals surface area contributed by atoms with Crippen LogP contribution in [0.2, 0.25) is 0 Å². The van der Waals surface area contributed by atoms with Gasteiger partial charge >= 0.3 is 5.69 Å². The Balaban J connectivity index is 2.20. The summed E-state index contributed by atoms with van der Waals surface area (Å²) >= 11 is 0. The smallest absolute Gasteiger partial charge is 0.331 e. The van der Waals surface area contributed by atoms with Gasteiger partial charge in [0.05, 0.1) is 0 Å². The van der Waals surface area contributed by atoms with E-state index in [1.807, 2.05) is 13.0 Å². The van der Waals surface area contributed by atoms with Crippen molar-refractivity contribution in [2.24, 2.45) is 0 Å². The number of fused-ring (bicyclic) bond motifs is 1. The SMILES string of the molecule is CCCNC(=O)[C@@H](C)NC(=O)Cn1c(=O)c(C#N)c2n(c1=O)CCC2. The van der Waals surface area contributed by atoms with Gasteiger partial charge in [-0.3, -0.25) is 19.0 Å². The molecule has 2 amide bonds. The van der Waals surface area contributed by atoms with Gasteiger partial charge < -0.3 is 10.6 Å². The maximum atomic E-state index is 12.4. The minimum Gasteiger partial charge on any atom is -0.354 e. The maximum Gasteiger partial charge on any atom is 0.331 e. The highest BCUT2D eigenvalue weighted by molar-refractivity contribution is 5.87. The summed E-state index contributed by atoms with van der Waals surface area (Å²) in [7, 11) is 0. The Morgan fingerprint density at radius 1 is 1.36 bits per heavy atom. The topological polar surface area (TPSA) is 126 Å². The fourth-order valence-corrected chi connectivity index (χ4v) is 2.79. The summed E-state index contributed by atoms with van der Waals surface area (Å²) in [5.41, 5.74) is -1.03. The van der Waals surface area contributed by atoms with Crippen LogP contribution in [0.4, 0.5) is 0 Å². The van der Waals surface area contributed by atoms with E-state index in [1.54, 1.807) is 0 Å². The molecule has 1 aliphatic rings. The van der Waals surface area contributed by atoms with Gasteiger partial charge in [0.2, 0.25) is 11.8 Å². The fraction of sp³-hybridized carbons (Fsp3) is 0.562. The van der Waals surface area contributed by atoms with Crippen LogP contribution >= 0.6 is 0 Å². The first-order valence-electron chi connectivity index (χ1n) is 8.24. The lowest BCUT2D eigenvalue weighted by Gasteiger charge is -2.15. The van der Waals surface area contributed by atoms with Gasteiger partial charge in [0.15, 0.2) is 0 Å². The monoisotopic (exact) mass is 347 g/mol. The summed E-state index contributed by atoms with van der Waals surface area (Å²) < 4.78 is 2.12. The predicted molar refractivity (Wildman–Crippen MR) is 88.9 cm³/mol. The number of carbonyl (C=O) groups excluding carboxylic acids is 2. The van der Waals surface area contributed by atoms with Gasteiger partial charge in [-0.1, -0.05) is 6.92 Å². The van der Waals surface area contributed by atoms with Crippen molar-refractivity contribution in [1.82, 2.24) is 19.8 Å². The van der Waals surface area contributed by atoms with Gasteiger partial charge in [-0.2, -0.15) is 5.26 Å². The van der Waals surface area contributed by atoms with E-state index in [0.29, 0.717) is 31.6 Å². The number of rotatable bonds is 6. The molecule has 1 aliphatic heterocycles. The normalized spacial score (nSPS) is 13.6. The molecule has 0 radical (unpaired) electrons. The van der Waals surface area contributed by atoms with Crippen molar-refractivity contribution in [3.8, 4) is 6.07 Å². The summed E-state index contributed by atoms with van der Waals surface area (Å²) in [5.74, 6) is -0.980. The van der Waals surface area contributed by atoms with Crippen molar-refractivity contribution in [3.05, 3.63) is 32.1 Å². The molecule has 9 heteroatoms. The van der Waals surface area contributed by atoms with Crippen molar-refractivity contribution < 1.29 is 9.59 Å². The first-order valence-corrected chi connectivity index (χ1v) is 8.24. The minimum absolute atomic E-state index is 0.0985. The molecule has 0 aliphatic carbocycles. The van der Waals surface area contributed by atoms with E-state index in [-0.39, 0.29) is 11.5 Å². The number of amides is 2. The van der Waals surface area contributed by atoms with E-state index in [4.69, 9.17) is 0 Å². The molecule has 1 aromatic heterocycles. The van der Waals surface area contributed by atoms with E-state index >= 15 is 0 Å². The summed E-state index contributed by atoms with van der Waals surface area (Å²) in [6.45, 7) is 3.81. The molecule has 1 aromatic rings. The van der Waals surface area contributed by atoms with Crippen LogP contribution in [0.15, 0.2) is 9.59 Å². The second-order valence-corrected chi connectivity index (χ2v) is 5.94. The summed E-state index contributed by atoms with van der Waals surface area (Å²) in [4.78, 5) is 48.6. The molecule has 0 unspecified atom stereocenters. The average Bonchev–Trinajstić information content (AvgIpc) is 3.06. The van der Waals surface area contributed by atoms with Gasteiger partial charge in [0.1, 0.15) is 24.2 Å². The molecule has 0 bridgehead atoms. The molecule has 134 valence electrons. The molecule has 0 fully saturated rings. The molecule has 2 heterocycles. The zero-order valence-corrected chi connectivity index (χ0v) is 14.3. The molecule has 0 spiro atoms.